The number of carbonyl (C=O) groups excluding carboxylic acids is 2. The van der Waals surface area contributed by atoms with Gasteiger partial charge in [-0.1, -0.05) is 23.2 Å². The molecule has 0 aliphatic carbocycles. The van der Waals surface area contributed by atoms with Gasteiger partial charge in [0, 0.05) is 0 Å². The van der Waals surface area contributed by atoms with Gasteiger partial charge in [0.25, 0.3) is 5.91 Å². The lowest BCUT2D eigenvalue weighted by Crippen LogP contribution is -2.22. The second kappa shape index (κ2) is 7.50. The van der Waals surface area contributed by atoms with Gasteiger partial charge in [0.05, 0.1) is 10.7 Å². The van der Waals surface area contributed by atoms with E-state index in [-0.39, 0.29) is 15.9 Å². The summed E-state index contributed by atoms with van der Waals surface area (Å²) in [4.78, 5) is 27.0. The molecule has 0 unspecified atom stereocenters. The third-order valence-corrected chi connectivity index (χ3v) is 3.16. The van der Waals surface area contributed by atoms with E-state index in [1.807, 2.05) is 5.32 Å². The van der Waals surface area contributed by atoms with Crippen LogP contribution < -0.4 is 5.32 Å². The van der Waals surface area contributed by atoms with E-state index < -0.39 is 41.6 Å². The number of ether oxygens (including phenoxy) is 1. The summed E-state index contributed by atoms with van der Waals surface area (Å²) < 4.78 is 43.9. The van der Waals surface area contributed by atoms with Gasteiger partial charge in [-0.25, -0.2) is 22.9 Å². The minimum absolute atomic E-state index is 0.0142. The fourth-order valence-electron chi connectivity index (χ4n) is 1.57. The van der Waals surface area contributed by atoms with Crippen LogP contribution in [0.25, 0.3) is 0 Å². The third kappa shape index (κ3) is 4.15. The van der Waals surface area contributed by atoms with Crippen molar-refractivity contribution in [3.8, 4) is 0 Å². The zero-order valence-electron chi connectivity index (χ0n) is 11.6. The van der Waals surface area contributed by atoms with Crippen LogP contribution in [0.4, 0.5) is 18.9 Å². The Morgan fingerprint density at radius 2 is 1.79 bits per heavy atom. The van der Waals surface area contributed by atoms with Crippen LogP contribution in [0.5, 0.6) is 0 Å². The number of carbonyl (C=O) groups is 2. The molecule has 0 bridgehead atoms. The molecule has 0 atom stereocenters. The molecule has 0 spiro atoms. The highest BCUT2D eigenvalue weighted by Crippen LogP contribution is 2.20. The standard InChI is InChI=1S/C14H7Cl2F3N2O3/c15-6-1-4-9(16)21-13(6)14(23)24-5-10(22)20-8-3-2-7(17)11(18)12(8)19/h1-4H,5H2,(H,20,22). The Kier molecular flexibility index (Phi) is 5.63. The molecule has 0 radical (unpaired) electrons. The number of aromatic nitrogens is 1. The summed E-state index contributed by atoms with van der Waals surface area (Å²) in [6.45, 7) is -0.832. The van der Waals surface area contributed by atoms with Gasteiger partial charge >= 0.3 is 5.97 Å². The van der Waals surface area contributed by atoms with Crippen molar-refractivity contribution < 1.29 is 27.5 Å². The Morgan fingerprint density at radius 1 is 1.08 bits per heavy atom. The molecule has 1 amide bonds. The lowest BCUT2D eigenvalue weighted by Gasteiger charge is -2.08. The van der Waals surface area contributed by atoms with Crippen molar-refractivity contribution in [2.24, 2.45) is 0 Å². The Morgan fingerprint density at radius 3 is 2.50 bits per heavy atom. The first-order chi connectivity index (χ1) is 11.3. The van der Waals surface area contributed by atoms with Crippen LogP contribution in [0.15, 0.2) is 24.3 Å². The molecule has 24 heavy (non-hydrogen) atoms. The summed E-state index contributed by atoms with van der Waals surface area (Å²) in [7, 11) is 0. The van der Waals surface area contributed by atoms with E-state index in [9.17, 15) is 22.8 Å². The Balaban J connectivity index is 2.00. The van der Waals surface area contributed by atoms with Crippen LogP contribution in [0.2, 0.25) is 10.2 Å². The van der Waals surface area contributed by atoms with Crippen LogP contribution in [0, 0.1) is 17.5 Å². The van der Waals surface area contributed by atoms with E-state index in [4.69, 9.17) is 23.2 Å². The summed E-state index contributed by atoms with van der Waals surface area (Å²) in [6.07, 6.45) is 0. The predicted molar refractivity (Wildman–Crippen MR) is 79.5 cm³/mol. The van der Waals surface area contributed by atoms with E-state index in [2.05, 4.69) is 9.72 Å². The summed E-state index contributed by atoms with van der Waals surface area (Å²) in [5.74, 6) is -6.73. The first-order valence-corrected chi connectivity index (χ1v) is 6.97. The fourth-order valence-corrected chi connectivity index (χ4v) is 1.90. The lowest BCUT2D eigenvalue weighted by atomic mass is 10.3. The van der Waals surface area contributed by atoms with Crippen LogP contribution in [-0.2, 0) is 9.53 Å². The number of pyridine rings is 1. The smallest absolute Gasteiger partial charge is 0.359 e. The van der Waals surface area contributed by atoms with Gasteiger partial charge in [0.2, 0.25) is 0 Å². The molecule has 2 rings (SSSR count). The topological polar surface area (TPSA) is 68.3 Å². The average Bonchev–Trinajstić information content (AvgIpc) is 2.55. The Bertz CT molecular complexity index is 818. The third-order valence-electron chi connectivity index (χ3n) is 2.65. The van der Waals surface area contributed by atoms with E-state index in [1.165, 1.54) is 12.1 Å². The Labute approximate surface area is 143 Å². The minimum atomic E-state index is -1.74. The van der Waals surface area contributed by atoms with Crippen LogP contribution in [0.3, 0.4) is 0 Å². The number of anilines is 1. The first kappa shape index (κ1) is 18.0. The summed E-state index contributed by atoms with van der Waals surface area (Å²) in [6, 6.07) is 4.11. The highest BCUT2D eigenvalue weighted by Gasteiger charge is 2.18. The second-order valence-corrected chi connectivity index (χ2v) is 5.11. The molecule has 1 aromatic carbocycles. The molecule has 10 heteroatoms. The lowest BCUT2D eigenvalue weighted by molar-refractivity contribution is -0.119. The van der Waals surface area contributed by atoms with Gasteiger partial charge in [-0.2, -0.15) is 0 Å². The predicted octanol–water partition coefficient (Wildman–Crippen LogP) is 3.60. The molecule has 0 aliphatic heterocycles. The molecular formula is C14H7Cl2F3N2O3. The van der Waals surface area contributed by atoms with Gasteiger partial charge in [-0.15, -0.1) is 0 Å². The number of amides is 1. The molecule has 0 fully saturated rings. The van der Waals surface area contributed by atoms with Gasteiger partial charge in [0.15, 0.2) is 29.8 Å². The maximum Gasteiger partial charge on any atom is 0.359 e. The van der Waals surface area contributed by atoms with Gasteiger partial charge in [-0.3, -0.25) is 4.79 Å². The maximum atomic E-state index is 13.4. The largest absolute Gasteiger partial charge is 0.451 e. The SMILES string of the molecule is O=C(COC(=O)c1nc(Cl)ccc1Cl)Nc1ccc(F)c(F)c1F. The Hall–Kier alpha value is -2.32. The van der Waals surface area contributed by atoms with Crippen molar-refractivity contribution in [3.05, 3.63) is 57.6 Å². The fraction of sp³-hybridized carbons (Fsp3) is 0.0714. The molecule has 1 heterocycles. The number of nitrogens with zero attached hydrogens (tertiary/aromatic N) is 1. The first-order valence-electron chi connectivity index (χ1n) is 6.22. The molecule has 1 aromatic heterocycles. The number of nitrogens with one attached hydrogen (secondary N) is 1. The van der Waals surface area contributed by atoms with Crippen molar-refractivity contribution in [1.29, 1.82) is 0 Å². The van der Waals surface area contributed by atoms with Crippen LogP contribution in [0.1, 0.15) is 10.5 Å². The molecule has 0 saturated carbocycles. The quantitative estimate of drug-likeness (QED) is 0.501. The number of hydrogen-bond acceptors (Lipinski definition) is 4. The number of hydrogen-bond donors (Lipinski definition) is 1. The number of benzene rings is 1. The molecule has 5 nitrogen and oxygen atoms in total. The number of esters is 1. The normalized spacial score (nSPS) is 10.4. The van der Waals surface area contributed by atoms with E-state index in [0.29, 0.717) is 6.07 Å². The monoisotopic (exact) mass is 378 g/mol. The highest BCUT2D eigenvalue weighted by atomic mass is 35.5. The van der Waals surface area contributed by atoms with Crippen molar-refractivity contribution in [3.63, 3.8) is 0 Å². The number of halogens is 5. The number of rotatable bonds is 4. The van der Waals surface area contributed by atoms with Crippen LogP contribution in [-0.4, -0.2) is 23.5 Å². The second-order valence-electron chi connectivity index (χ2n) is 4.31. The van der Waals surface area contributed by atoms with Crippen molar-refractivity contribution in [1.82, 2.24) is 4.98 Å². The van der Waals surface area contributed by atoms with Crippen LogP contribution >= 0.6 is 23.2 Å². The minimum Gasteiger partial charge on any atom is -0.451 e. The van der Waals surface area contributed by atoms with Crippen molar-refractivity contribution in [2.45, 2.75) is 0 Å². The van der Waals surface area contributed by atoms with Crippen molar-refractivity contribution >= 4 is 40.8 Å². The van der Waals surface area contributed by atoms with E-state index in [0.717, 1.165) is 6.07 Å². The highest BCUT2D eigenvalue weighted by molar-refractivity contribution is 6.34. The van der Waals surface area contributed by atoms with Gasteiger partial charge < -0.3 is 10.1 Å². The average molecular weight is 379 g/mol. The molecule has 1 N–H and O–H groups in total. The van der Waals surface area contributed by atoms with E-state index in [1.54, 1.807) is 0 Å². The summed E-state index contributed by atoms with van der Waals surface area (Å²) >= 11 is 11.4. The molecule has 126 valence electrons. The maximum absolute atomic E-state index is 13.4. The van der Waals surface area contributed by atoms with Gasteiger partial charge in [-0.05, 0) is 24.3 Å². The molecule has 2 aromatic rings. The zero-order chi connectivity index (χ0) is 17.9. The zero-order valence-corrected chi connectivity index (χ0v) is 13.1. The molecule has 0 saturated heterocycles. The van der Waals surface area contributed by atoms with E-state index >= 15 is 0 Å². The molecular weight excluding hydrogens is 372 g/mol. The molecule has 0 aliphatic rings. The van der Waals surface area contributed by atoms with Crippen molar-refractivity contribution in [2.75, 3.05) is 11.9 Å². The summed E-state index contributed by atoms with van der Waals surface area (Å²) in [5.41, 5.74) is -0.912. The van der Waals surface area contributed by atoms with Gasteiger partial charge in [0.1, 0.15) is 5.15 Å². The summed E-state index contributed by atoms with van der Waals surface area (Å²) in [5, 5.41) is 1.87.